The Morgan fingerprint density at radius 2 is 1.70 bits per heavy atom. The number of aryl methyl sites for hydroxylation is 2. The van der Waals surface area contributed by atoms with Gasteiger partial charge in [-0.15, -0.1) is 0 Å². The summed E-state index contributed by atoms with van der Waals surface area (Å²) in [5.41, 5.74) is 0.898. The number of carbonyl (C=O) groups is 3. The second-order valence-corrected chi connectivity index (χ2v) is 5.57. The molecule has 2 aromatic rings. The van der Waals surface area contributed by atoms with Crippen LogP contribution in [0.25, 0.3) is 0 Å². The van der Waals surface area contributed by atoms with Crippen LogP contribution in [0.4, 0.5) is 8.78 Å². The van der Waals surface area contributed by atoms with Crippen molar-refractivity contribution in [3.63, 3.8) is 0 Å². The fourth-order valence-corrected chi connectivity index (χ4v) is 2.32. The molecule has 0 aliphatic carbocycles. The van der Waals surface area contributed by atoms with Gasteiger partial charge in [-0.05, 0) is 45.0 Å². The van der Waals surface area contributed by atoms with E-state index in [4.69, 9.17) is 9.15 Å². The monoisotopic (exact) mass is 381 g/mol. The van der Waals surface area contributed by atoms with Gasteiger partial charge in [0.1, 0.15) is 22.8 Å². The average Bonchev–Trinajstić information content (AvgIpc) is 2.85. The van der Waals surface area contributed by atoms with Crippen LogP contribution in [0.15, 0.2) is 28.7 Å². The number of furan rings is 1. The molecule has 2 rings (SSSR count). The number of benzene rings is 1. The Morgan fingerprint density at radius 1 is 1.07 bits per heavy atom. The molecule has 0 saturated heterocycles. The van der Waals surface area contributed by atoms with E-state index in [1.165, 1.54) is 24.3 Å². The molecule has 1 heterocycles. The average molecular weight is 381 g/mol. The summed E-state index contributed by atoms with van der Waals surface area (Å²) in [7, 11) is 0. The number of rotatable bonds is 6. The maximum absolute atomic E-state index is 12.1. The van der Waals surface area contributed by atoms with Gasteiger partial charge < -0.3 is 13.9 Å². The number of ether oxygens (including phenoxy) is 2. The highest BCUT2D eigenvalue weighted by Gasteiger charge is 2.21. The second kappa shape index (κ2) is 8.43. The van der Waals surface area contributed by atoms with Gasteiger partial charge in [-0.3, -0.25) is 14.9 Å². The molecule has 2 amide bonds. The normalized spacial score (nSPS) is 10.6. The molecule has 1 N–H and O–H groups in total. The van der Waals surface area contributed by atoms with Gasteiger partial charge in [0, 0.05) is 11.1 Å². The van der Waals surface area contributed by atoms with E-state index < -0.39 is 31.0 Å². The molecule has 1 aromatic heterocycles. The third kappa shape index (κ3) is 5.13. The van der Waals surface area contributed by atoms with E-state index in [1.807, 2.05) is 5.32 Å². The Kier molecular flexibility index (Phi) is 6.27. The van der Waals surface area contributed by atoms with Crippen LogP contribution in [0.2, 0.25) is 0 Å². The summed E-state index contributed by atoms with van der Waals surface area (Å²) < 4.78 is 38.5. The number of hydrogen-bond donors (Lipinski definition) is 1. The van der Waals surface area contributed by atoms with E-state index in [1.54, 1.807) is 20.8 Å². The van der Waals surface area contributed by atoms with Crippen LogP contribution < -0.4 is 10.1 Å². The molecular weight excluding hydrogens is 364 g/mol. The molecule has 0 radical (unpaired) electrons. The highest BCUT2D eigenvalue weighted by molar-refractivity contribution is 6.05. The van der Waals surface area contributed by atoms with Crippen molar-refractivity contribution in [3.05, 3.63) is 52.5 Å². The van der Waals surface area contributed by atoms with Gasteiger partial charge in [0.2, 0.25) is 0 Å². The lowest BCUT2D eigenvalue weighted by atomic mass is 10.1. The molecule has 0 aliphatic rings. The van der Waals surface area contributed by atoms with Crippen LogP contribution in [0, 0.1) is 20.8 Å². The topological polar surface area (TPSA) is 94.8 Å². The summed E-state index contributed by atoms with van der Waals surface area (Å²) in [6, 6.07) is 4.76. The maximum Gasteiger partial charge on any atom is 0.387 e. The Bertz CT molecular complexity index is 857. The molecule has 0 unspecified atom stereocenters. The van der Waals surface area contributed by atoms with Crippen molar-refractivity contribution in [2.24, 2.45) is 0 Å². The largest absolute Gasteiger partial charge is 0.465 e. The first-order chi connectivity index (χ1) is 12.7. The standard InChI is InChI=1S/C18H17F2NO6/c1-9-10(2)26-11(3)15(9)17(24)25-8-14(22)21-16(23)12-4-6-13(7-5-12)27-18(19)20/h4-7,18H,8H2,1-3H3,(H,21,22,23). The molecule has 7 nitrogen and oxygen atoms in total. The zero-order chi connectivity index (χ0) is 20.1. The minimum Gasteiger partial charge on any atom is -0.465 e. The fourth-order valence-electron chi connectivity index (χ4n) is 2.32. The maximum atomic E-state index is 12.1. The molecule has 0 atom stereocenters. The van der Waals surface area contributed by atoms with Crippen LogP contribution in [-0.4, -0.2) is 31.0 Å². The van der Waals surface area contributed by atoms with Crippen molar-refractivity contribution in [1.29, 1.82) is 0 Å². The number of esters is 1. The number of hydrogen-bond acceptors (Lipinski definition) is 6. The van der Waals surface area contributed by atoms with Crippen molar-refractivity contribution < 1.29 is 37.1 Å². The zero-order valence-corrected chi connectivity index (χ0v) is 14.8. The van der Waals surface area contributed by atoms with E-state index in [0.29, 0.717) is 17.1 Å². The van der Waals surface area contributed by atoms with E-state index in [0.717, 1.165) is 0 Å². The van der Waals surface area contributed by atoms with Crippen LogP contribution >= 0.6 is 0 Å². The molecular formula is C18H17F2NO6. The quantitative estimate of drug-likeness (QED) is 0.773. The zero-order valence-electron chi connectivity index (χ0n) is 14.8. The number of nitrogens with one attached hydrogen (secondary N) is 1. The molecule has 0 bridgehead atoms. The van der Waals surface area contributed by atoms with Gasteiger partial charge >= 0.3 is 12.6 Å². The number of alkyl halides is 2. The van der Waals surface area contributed by atoms with Crippen molar-refractivity contribution in [1.82, 2.24) is 5.32 Å². The number of halogens is 2. The Balaban J connectivity index is 1.89. The smallest absolute Gasteiger partial charge is 0.387 e. The number of carbonyl (C=O) groups excluding carboxylic acids is 3. The molecule has 9 heteroatoms. The molecule has 0 fully saturated rings. The summed E-state index contributed by atoms with van der Waals surface area (Å²) in [5, 5.41) is 2.03. The van der Waals surface area contributed by atoms with Crippen LogP contribution in [-0.2, 0) is 9.53 Å². The number of amides is 2. The Labute approximate surface area is 153 Å². The summed E-state index contributed by atoms with van der Waals surface area (Å²) in [5.74, 6) is -1.53. The third-order valence-electron chi connectivity index (χ3n) is 3.69. The lowest BCUT2D eigenvalue weighted by Crippen LogP contribution is -2.34. The van der Waals surface area contributed by atoms with Gasteiger partial charge in [0.25, 0.3) is 11.8 Å². The summed E-state index contributed by atoms with van der Waals surface area (Å²) >= 11 is 0. The third-order valence-corrected chi connectivity index (χ3v) is 3.69. The van der Waals surface area contributed by atoms with Crippen LogP contribution in [0.3, 0.4) is 0 Å². The van der Waals surface area contributed by atoms with Crippen molar-refractivity contribution in [3.8, 4) is 5.75 Å². The molecule has 1 aromatic carbocycles. The first-order valence-electron chi connectivity index (χ1n) is 7.81. The Morgan fingerprint density at radius 3 is 2.22 bits per heavy atom. The van der Waals surface area contributed by atoms with Gasteiger partial charge in [0.15, 0.2) is 6.61 Å². The first kappa shape index (κ1) is 20.1. The van der Waals surface area contributed by atoms with Crippen molar-refractivity contribution in [2.45, 2.75) is 27.4 Å². The van der Waals surface area contributed by atoms with Crippen LogP contribution in [0.5, 0.6) is 5.75 Å². The SMILES string of the molecule is Cc1oc(C)c(C(=O)OCC(=O)NC(=O)c2ccc(OC(F)F)cc2)c1C. The number of imide groups is 1. The lowest BCUT2D eigenvalue weighted by molar-refractivity contribution is -0.123. The summed E-state index contributed by atoms with van der Waals surface area (Å²) in [4.78, 5) is 35.8. The van der Waals surface area contributed by atoms with Gasteiger partial charge in [-0.2, -0.15) is 8.78 Å². The lowest BCUT2D eigenvalue weighted by Gasteiger charge is -2.07. The van der Waals surface area contributed by atoms with E-state index in [2.05, 4.69) is 4.74 Å². The molecule has 0 spiro atoms. The van der Waals surface area contributed by atoms with Gasteiger partial charge in [-0.25, -0.2) is 4.79 Å². The molecule has 0 aliphatic heterocycles. The predicted molar refractivity (Wildman–Crippen MR) is 88.7 cm³/mol. The minimum atomic E-state index is -2.98. The highest BCUT2D eigenvalue weighted by Crippen LogP contribution is 2.21. The van der Waals surface area contributed by atoms with Crippen molar-refractivity contribution in [2.75, 3.05) is 6.61 Å². The van der Waals surface area contributed by atoms with E-state index in [9.17, 15) is 23.2 Å². The molecule has 0 saturated carbocycles. The van der Waals surface area contributed by atoms with Gasteiger partial charge in [0.05, 0.1) is 0 Å². The highest BCUT2D eigenvalue weighted by atomic mass is 19.3. The van der Waals surface area contributed by atoms with Crippen LogP contribution in [0.1, 0.15) is 37.8 Å². The molecule has 27 heavy (non-hydrogen) atoms. The van der Waals surface area contributed by atoms with E-state index >= 15 is 0 Å². The van der Waals surface area contributed by atoms with Gasteiger partial charge in [-0.1, -0.05) is 0 Å². The predicted octanol–water partition coefficient (Wildman–Crippen LogP) is 2.92. The summed E-state index contributed by atoms with van der Waals surface area (Å²) in [6.07, 6.45) is 0. The van der Waals surface area contributed by atoms with E-state index in [-0.39, 0.29) is 16.9 Å². The van der Waals surface area contributed by atoms with Crippen molar-refractivity contribution >= 4 is 17.8 Å². The fraction of sp³-hybridized carbons (Fsp3) is 0.278. The summed E-state index contributed by atoms with van der Waals surface area (Å²) in [6.45, 7) is 1.34. The minimum absolute atomic E-state index is 0.0495. The first-order valence-corrected chi connectivity index (χ1v) is 7.81. The second-order valence-electron chi connectivity index (χ2n) is 5.57. The molecule has 144 valence electrons. The Hall–Kier alpha value is -3.23.